The molecule has 2 aromatic rings. The van der Waals surface area contributed by atoms with Gasteiger partial charge < -0.3 is 9.47 Å². The van der Waals surface area contributed by atoms with Crippen molar-refractivity contribution in [3.63, 3.8) is 0 Å². The molecule has 1 heterocycles. The molecule has 180 valence electrons. The summed E-state index contributed by atoms with van der Waals surface area (Å²) in [4.78, 5) is 15.8. The Morgan fingerprint density at radius 1 is 1.06 bits per heavy atom. The summed E-state index contributed by atoms with van der Waals surface area (Å²) in [6, 6.07) is 17.5. The van der Waals surface area contributed by atoms with Gasteiger partial charge in [-0.3, -0.25) is 9.69 Å². The zero-order valence-electron chi connectivity index (χ0n) is 20.4. The number of hydrogen-bond donors (Lipinski definition) is 0. The number of carbonyl (C=O) groups is 1. The van der Waals surface area contributed by atoms with Crippen LogP contribution >= 0.6 is 0 Å². The van der Waals surface area contributed by atoms with Crippen molar-refractivity contribution in [3.8, 4) is 5.75 Å². The summed E-state index contributed by atoms with van der Waals surface area (Å²) >= 11 is 0. The molecule has 0 aromatic heterocycles. The number of ether oxygens (including phenoxy) is 2. The van der Waals surface area contributed by atoms with E-state index in [1.807, 2.05) is 0 Å². The zero-order valence-corrected chi connectivity index (χ0v) is 20.4. The third-order valence-electron chi connectivity index (χ3n) is 9.12. The molecule has 3 atom stereocenters. The molecule has 1 saturated heterocycles. The molecule has 2 bridgehead atoms. The summed E-state index contributed by atoms with van der Waals surface area (Å²) in [7, 11) is 1.77. The lowest BCUT2D eigenvalue weighted by atomic mass is 9.49. The van der Waals surface area contributed by atoms with Crippen LogP contribution in [0.25, 0.3) is 0 Å². The van der Waals surface area contributed by atoms with Crippen molar-refractivity contribution in [2.45, 2.75) is 74.8 Å². The molecule has 4 aliphatic rings. The second-order valence-electron chi connectivity index (χ2n) is 11.0. The van der Waals surface area contributed by atoms with Crippen LogP contribution in [-0.2, 0) is 27.8 Å². The van der Waals surface area contributed by atoms with Gasteiger partial charge in [0.1, 0.15) is 11.5 Å². The topological polar surface area (TPSA) is 38.8 Å². The quantitative estimate of drug-likeness (QED) is 0.514. The van der Waals surface area contributed by atoms with E-state index in [9.17, 15) is 4.79 Å². The third kappa shape index (κ3) is 3.61. The molecule has 4 nitrogen and oxygen atoms in total. The lowest BCUT2D eigenvalue weighted by Crippen LogP contribution is -2.74. The normalized spacial score (nSPS) is 30.5. The van der Waals surface area contributed by atoms with Crippen LogP contribution in [0, 0.1) is 5.92 Å². The highest BCUT2D eigenvalue weighted by molar-refractivity contribution is 5.83. The molecule has 0 radical (unpaired) electrons. The second kappa shape index (κ2) is 8.80. The van der Waals surface area contributed by atoms with Gasteiger partial charge in [0.15, 0.2) is 0 Å². The highest BCUT2D eigenvalue weighted by atomic mass is 16.5. The van der Waals surface area contributed by atoms with Crippen molar-refractivity contribution >= 4 is 5.78 Å². The van der Waals surface area contributed by atoms with E-state index in [4.69, 9.17) is 9.47 Å². The highest BCUT2D eigenvalue weighted by Crippen LogP contribution is 2.61. The Kier molecular flexibility index (Phi) is 5.77. The van der Waals surface area contributed by atoms with Crippen LogP contribution in [0.2, 0.25) is 0 Å². The number of methoxy groups -OCH3 is 1. The molecule has 0 amide bonds. The maximum absolute atomic E-state index is 13.0. The van der Waals surface area contributed by atoms with Gasteiger partial charge in [0.05, 0.1) is 12.7 Å². The van der Waals surface area contributed by atoms with Gasteiger partial charge in [0, 0.05) is 43.0 Å². The molecule has 3 fully saturated rings. The summed E-state index contributed by atoms with van der Waals surface area (Å²) in [5, 5.41) is 0. The minimum absolute atomic E-state index is 0.278. The van der Waals surface area contributed by atoms with Crippen molar-refractivity contribution in [1.82, 2.24) is 4.90 Å². The number of carbonyl (C=O) groups excluding carboxylic acids is 1. The van der Waals surface area contributed by atoms with Crippen molar-refractivity contribution in [2.24, 2.45) is 5.92 Å². The molecule has 2 aromatic carbocycles. The van der Waals surface area contributed by atoms with Crippen LogP contribution in [0.15, 0.2) is 48.5 Å². The lowest BCUT2D eigenvalue weighted by Gasteiger charge is -2.65. The highest BCUT2D eigenvalue weighted by Gasteiger charge is 2.67. The SMILES string of the molecule is COc1cccc2c1[C@]13CCN(CC4CC4)C(C2)[C@]1(OCCCc1ccccc1)CCC(=O)C3. The number of piperidine rings is 1. The van der Waals surface area contributed by atoms with E-state index in [0.717, 1.165) is 56.9 Å². The molecule has 3 aliphatic carbocycles. The standard InChI is InChI=1S/C30H37NO3/c1-33-26-11-5-10-24-19-27-30(34-18-6-9-22-7-3-2-4-8-22)15-14-25(32)20-29(30,28(24)26)16-17-31(27)21-23-12-13-23/h2-5,7-8,10-11,23,27H,6,9,12-21H2,1H3/t27?,29-,30-/m1/s1. The Bertz CT molecular complexity index is 1050. The van der Waals surface area contributed by atoms with Crippen LogP contribution in [0.1, 0.15) is 61.6 Å². The van der Waals surface area contributed by atoms with E-state index in [1.54, 1.807) is 7.11 Å². The van der Waals surface area contributed by atoms with Gasteiger partial charge in [-0.1, -0.05) is 42.5 Å². The number of nitrogens with zero attached hydrogens (tertiary/aromatic N) is 1. The summed E-state index contributed by atoms with van der Waals surface area (Å²) < 4.78 is 13.1. The maximum Gasteiger partial charge on any atom is 0.134 e. The van der Waals surface area contributed by atoms with Gasteiger partial charge in [0.25, 0.3) is 0 Å². The minimum atomic E-state index is -0.313. The van der Waals surface area contributed by atoms with Crippen molar-refractivity contribution in [2.75, 3.05) is 26.8 Å². The fourth-order valence-corrected chi connectivity index (χ4v) is 7.43. The monoisotopic (exact) mass is 459 g/mol. The van der Waals surface area contributed by atoms with Crippen LogP contribution in [0.4, 0.5) is 0 Å². The number of fused-ring (bicyclic) bond motifs is 1. The first kappa shape index (κ1) is 22.3. The van der Waals surface area contributed by atoms with Crippen molar-refractivity contribution in [1.29, 1.82) is 0 Å². The zero-order chi connectivity index (χ0) is 23.2. The summed E-state index contributed by atoms with van der Waals surface area (Å²) in [6.07, 6.45) is 8.79. The molecule has 6 rings (SSSR count). The molecule has 0 N–H and O–H groups in total. The van der Waals surface area contributed by atoms with Gasteiger partial charge in [-0.25, -0.2) is 0 Å². The van der Waals surface area contributed by atoms with Gasteiger partial charge in [0.2, 0.25) is 0 Å². The Morgan fingerprint density at radius 3 is 2.71 bits per heavy atom. The molecule has 1 unspecified atom stereocenters. The third-order valence-corrected chi connectivity index (χ3v) is 9.12. The maximum atomic E-state index is 13.0. The average molecular weight is 460 g/mol. The summed E-state index contributed by atoms with van der Waals surface area (Å²) in [5.74, 6) is 2.18. The minimum Gasteiger partial charge on any atom is -0.496 e. The number of likely N-dealkylation sites (tertiary alicyclic amines) is 1. The number of rotatable bonds is 8. The Hall–Kier alpha value is -2.17. The van der Waals surface area contributed by atoms with Gasteiger partial charge in [-0.05, 0) is 74.6 Å². The van der Waals surface area contributed by atoms with Crippen LogP contribution in [-0.4, -0.2) is 49.1 Å². The molecule has 34 heavy (non-hydrogen) atoms. The van der Waals surface area contributed by atoms with E-state index < -0.39 is 0 Å². The number of ketones is 1. The largest absolute Gasteiger partial charge is 0.496 e. The van der Waals surface area contributed by atoms with Crippen molar-refractivity contribution in [3.05, 3.63) is 65.2 Å². The van der Waals surface area contributed by atoms with Crippen LogP contribution < -0.4 is 4.74 Å². The van der Waals surface area contributed by atoms with Gasteiger partial charge in [-0.15, -0.1) is 0 Å². The molecule has 2 saturated carbocycles. The van der Waals surface area contributed by atoms with E-state index >= 15 is 0 Å². The fourth-order valence-electron chi connectivity index (χ4n) is 7.43. The predicted octanol–water partition coefficient (Wildman–Crippen LogP) is 5.11. The second-order valence-corrected chi connectivity index (χ2v) is 11.0. The van der Waals surface area contributed by atoms with E-state index in [2.05, 4.69) is 53.4 Å². The molecule has 1 aliphatic heterocycles. The predicted molar refractivity (Wildman–Crippen MR) is 133 cm³/mol. The number of aryl methyl sites for hydroxylation is 1. The van der Waals surface area contributed by atoms with E-state index in [-0.39, 0.29) is 11.0 Å². The Labute approximate surface area is 203 Å². The fraction of sp³-hybridized carbons (Fsp3) is 0.567. The summed E-state index contributed by atoms with van der Waals surface area (Å²) in [5.41, 5.74) is 3.41. The van der Waals surface area contributed by atoms with Gasteiger partial charge in [-0.2, -0.15) is 0 Å². The van der Waals surface area contributed by atoms with Crippen LogP contribution in [0.5, 0.6) is 5.75 Å². The first-order valence-electron chi connectivity index (χ1n) is 13.3. The van der Waals surface area contributed by atoms with E-state index in [0.29, 0.717) is 24.7 Å². The van der Waals surface area contributed by atoms with Crippen molar-refractivity contribution < 1.29 is 14.3 Å². The Balaban J connectivity index is 1.37. The first-order valence-corrected chi connectivity index (χ1v) is 13.3. The first-order chi connectivity index (χ1) is 16.6. The summed E-state index contributed by atoms with van der Waals surface area (Å²) in [6.45, 7) is 2.98. The molecular formula is C30H37NO3. The smallest absolute Gasteiger partial charge is 0.134 e. The molecule has 4 heteroatoms. The number of hydrogen-bond acceptors (Lipinski definition) is 4. The van der Waals surface area contributed by atoms with E-state index in [1.165, 1.54) is 36.1 Å². The molecule has 0 spiro atoms. The number of Topliss-reactive ketones (excluding diaryl/α,β-unsaturated/α-hetero) is 1. The van der Waals surface area contributed by atoms with Crippen LogP contribution in [0.3, 0.4) is 0 Å². The molecular weight excluding hydrogens is 422 g/mol. The average Bonchev–Trinajstić information content (AvgIpc) is 3.68. The number of benzene rings is 2. The lowest BCUT2D eigenvalue weighted by molar-refractivity contribution is -0.201. The van der Waals surface area contributed by atoms with Gasteiger partial charge >= 0.3 is 0 Å². The Morgan fingerprint density at radius 2 is 1.91 bits per heavy atom.